The molecule has 0 amide bonds. The van der Waals surface area contributed by atoms with Crippen molar-refractivity contribution in [3.8, 4) is 11.5 Å². The van der Waals surface area contributed by atoms with Crippen molar-refractivity contribution in [2.24, 2.45) is 7.05 Å². The summed E-state index contributed by atoms with van der Waals surface area (Å²) in [6, 6.07) is 6.34. The largest absolute Gasteiger partial charge is 0.490 e. The number of aromatic nitrogens is 2. The highest BCUT2D eigenvalue weighted by molar-refractivity contribution is 5.87. The zero-order valence-electron chi connectivity index (χ0n) is 10.4. The van der Waals surface area contributed by atoms with E-state index in [1.54, 1.807) is 36.3 Å². The van der Waals surface area contributed by atoms with Crippen LogP contribution < -0.4 is 9.47 Å². The molecule has 0 aliphatic rings. The average molecular weight is 262 g/mol. The summed E-state index contributed by atoms with van der Waals surface area (Å²) in [5.74, 6) is 0.206. The van der Waals surface area contributed by atoms with Gasteiger partial charge >= 0.3 is 5.97 Å². The molecule has 1 heterocycles. The molecule has 0 spiro atoms. The summed E-state index contributed by atoms with van der Waals surface area (Å²) in [4.78, 5) is 10.8. The van der Waals surface area contributed by atoms with Gasteiger partial charge in [-0.2, -0.15) is 5.10 Å². The fourth-order valence-electron chi connectivity index (χ4n) is 1.51. The number of aromatic carboxylic acids is 1. The van der Waals surface area contributed by atoms with E-state index >= 15 is 0 Å². The number of benzene rings is 1. The number of hydrogen-bond acceptors (Lipinski definition) is 4. The highest BCUT2D eigenvalue weighted by Gasteiger charge is 2.03. The Balaban J connectivity index is 1.79. The van der Waals surface area contributed by atoms with Crippen LogP contribution in [0.4, 0.5) is 0 Å². The van der Waals surface area contributed by atoms with Crippen molar-refractivity contribution in [2.75, 3.05) is 13.2 Å². The highest BCUT2D eigenvalue weighted by Crippen LogP contribution is 2.13. The summed E-state index contributed by atoms with van der Waals surface area (Å²) in [6.45, 7) is 0.695. The van der Waals surface area contributed by atoms with Crippen molar-refractivity contribution in [3.63, 3.8) is 0 Å². The van der Waals surface area contributed by atoms with Gasteiger partial charge in [0, 0.05) is 7.05 Å². The number of ether oxygens (including phenoxy) is 2. The first-order valence-electron chi connectivity index (χ1n) is 5.73. The first-order chi connectivity index (χ1) is 9.15. The fourth-order valence-corrected chi connectivity index (χ4v) is 1.51. The molecule has 0 fully saturated rings. The molecule has 0 atom stereocenters. The second-order valence-electron chi connectivity index (χ2n) is 3.88. The molecule has 0 bridgehead atoms. The molecule has 0 saturated carbocycles. The molecule has 0 saturated heterocycles. The van der Waals surface area contributed by atoms with E-state index in [4.69, 9.17) is 14.6 Å². The monoisotopic (exact) mass is 262 g/mol. The van der Waals surface area contributed by atoms with Gasteiger partial charge < -0.3 is 14.6 Å². The Morgan fingerprint density at radius 3 is 2.68 bits per heavy atom. The lowest BCUT2D eigenvalue weighted by atomic mass is 10.2. The lowest BCUT2D eigenvalue weighted by Gasteiger charge is -2.07. The molecular weight excluding hydrogens is 248 g/mol. The van der Waals surface area contributed by atoms with Crippen molar-refractivity contribution in [1.82, 2.24) is 9.78 Å². The third-order valence-electron chi connectivity index (χ3n) is 2.38. The molecule has 0 radical (unpaired) electrons. The first-order valence-corrected chi connectivity index (χ1v) is 5.73. The molecule has 1 N–H and O–H groups in total. The molecule has 19 heavy (non-hydrogen) atoms. The zero-order chi connectivity index (χ0) is 13.7. The number of rotatable bonds is 6. The van der Waals surface area contributed by atoms with Crippen LogP contribution in [0.25, 0.3) is 0 Å². The van der Waals surface area contributed by atoms with Gasteiger partial charge in [-0.3, -0.25) is 4.68 Å². The normalized spacial score (nSPS) is 10.2. The van der Waals surface area contributed by atoms with Gasteiger partial charge in [0.15, 0.2) is 5.75 Å². The van der Waals surface area contributed by atoms with Gasteiger partial charge in [0.05, 0.1) is 18.0 Å². The molecule has 1 aromatic carbocycles. The minimum absolute atomic E-state index is 0.200. The van der Waals surface area contributed by atoms with E-state index in [0.717, 1.165) is 0 Å². The molecule has 6 heteroatoms. The number of aryl methyl sites for hydroxylation is 1. The second kappa shape index (κ2) is 5.90. The fraction of sp³-hybridized carbons (Fsp3) is 0.231. The van der Waals surface area contributed by atoms with Crippen molar-refractivity contribution >= 4 is 5.97 Å². The topological polar surface area (TPSA) is 73.6 Å². The van der Waals surface area contributed by atoms with Crippen LogP contribution >= 0.6 is 0 Å². The average Bonchev–Trinajstić information content (AvgIpc) is 2.81. The number of carboxylic acids is 1. The Labute approximate surface area is 110 Å². The van der Waals surface area contributed by atoms with Crippen molar-refractivity contribution in [1.29, 1.82) is 0 Å². The van der Waals surface area contributed by atoms with Crippen LogP contribution in [-0.4, -0.2) is 34.1 Å². The molecule has 0 unspecified atom stereocenters. The maximum atomic E-state index is 10.8. The standard InChI is InChI=1S/C13H14N2O4/c1-15-9-12(8-14-15)19-6-5-18-11-4-2-3-10(7-11)13(16)17/h2-4,7-9H,5-6H2,1H3,(H,16,17). The summed E-state index contributed by atoms with van der Waals surface area (Å²) in [7, 11) is 1.81. The van der Waals surface area contributed by atoms with Crippen LogP contribution in [0.5, 0.6) is 11.5 Å². The SMILES string of the molecule is Cn1cc(OCCOc2cccc(C(=O)O)c2)cn1. The van der Waals surface area contributed by atoms with Crippen molar-refractivity contribution in [3.05, 3.63) is 42.2 Å². The Kier molecular flexibility index (Phi) is 4.02. The van der Waals surface area contributed by atoms with Crippen molar-refractivity contribution in [2.45, 2.75) is 0 Å². The minimum Gasteiger partial charge on any atom is -0.490 e. The molecule has 6 nitrogen and oxygen atoms in total. The van der Waals surface area contributed by atoms with Gasteiger partial charge in [0.2, 0.25) is 0 Å². The summed E-state index contributed by atoms with van der Waals surface area (Å²) in [6.07, 6.45) is 3.37. The summed E-state index contributed by atoms with van der Waals surface area (Å²) in [5, 5.41) is 12.8. The quantitative estimate of drug-likeness (QED) is 0.800. The maximum Gasteiger partial charge on any atom is 0.335 e. The van der Waals surface area contributed by atoms with Gasteiger partial charge in [-0.15, -0.1) is 0 Å². The van der Waals surface area contributed by atoms with E-state index in [-0.39, 0.29) is 5.56 Å². The van der Waals surface area contributed by atoms with Crippen molar-refractivity contribution < 1.29 is 19.4 Å². The highest BCUT2D eigenvalue weighted by atomic mass is 16.5. The zero-order valence-corrected chi connectivity index (χ0v) is 10.4. The second-order valence-corrected chi connectivity index (χ2v) is 3.88. The molecule has 1 aromatic heterocycles. The Morgan fingerprint density at radius 2 is 2.05 bits per heavy atom. The number of carboxylic acid groups (broad SMARTS) is 1. The number of carbonyl (C=O) groups is 1. The summed E-state index contributed by atoms with van der Waals surface area (Å²) in [5.41, 5.74) is 0.200. The van der Waals surface area contributed by atoms with Gasteiger partial charge in [-0.25, -0.2) is 4.79 Å². The Hall–Kier alpha value is -2.50. The van der Waals surface area contributed by atoms with Crippen LogP contribution in [0.2, 0.25) is 0 Å². The van der Waals surface area contributed by atoms with Gasteiger partial charge in [0.1, 0.15) is 19.0 Å². The predicted octanol–water partition coefficient (Wildman–Crippen LogP) is 1.58. The number of hydrogen-bond donors (Lipinski definition) is 1. The molecular formula is C13H14N2O4. The van der Waals surface area contributed by atoms with Crippen LogP contribution in [0.15, 0.2) is 36.7 Å². The summed E-state index contributed by atoms with van der Waals surface area (Å²) >= 11 is 0. The van der Waals surface area contributed by atoms with Gasteiger partial charge in [0.25, 0.3) is 0 Å². The molecule has 2 aromatic rings. The van der Waals surface area contributed by atoms with Crippen LogP contribution in [0.3, 0.4) is 0 Å². The Bertz CT molecular complexity index is 565. The smallest absolute Gasteiger partial charge is 0.335 e. The molecule has 100 valence electrons. The lowest BCUT2D eigenvalue weighted by molar-refractivity contribution is 0.0696. The van der Waals surface area contributed by atoms with Gasteiger partial charge in [-0.1, -0.05) is 6.07 Å². The van der Waals surface area contributed by atoms with Gasteiger partial charge in [-0.05, 0) is 18.2 Å². The number of nitrogens with zero attached hydrogens (tertiary/aromatic N) is 2. The van der Waals surface area contributed by atoms with E-state index < -0.39 is 5.97 Å². The molecule has 0 aliphatic heterocycles. The van der Waals surface area contributed by atoms with E-state index in [0.29, 0.717) is 24.7 Å². The lowest BCUT2D eigenvalue weighted by Crippen LogP contribution is -2.09. The third kappa shape index (κ3) is 3.74. The van der Waals surface area contributed by atoms with Crippen LogP contribution in [0, 0.1) is 0 Å². The maximum absolute atomic E-state index is 10.8. The summed E-state index contributed by atoms with van der Waals surface area (Å²) < 4.78 is 12.5. The molecule has 0 aliphatic carbocycles. The predicted molar refractivity (Wildman–Crippen MR) is 67.6 cm³/mol. The first kappa shape index (κ1) is 12.9. The Morgan fingerprint density at radius 1 is 1.32 bits per heavy atom. The van der Waals surface area contributed by atoms with E-state index in [2.05, 4.69) is 5.10 Å². The third-order valence-corrected chi connectivity index (χ3v) is 2.38. The van der Waals surface area contributed by atoms with E-state index in [9.17, 15) is 4.79 Å². The minimum atomic E-state index is -0.975. The molecule has 2 rings (SSSR count). The van der Waals surface area contributed by atoms with E-state index in [1.165, 1.54) is 12.1 Å². The van der Waals surface area contributed by atoms with Crippen LogP contribution in [0.1, 0.15) is 10.4 Å². The van der Waals surface area contributed by atoms with Crippen LogP contribution in [-0.2, 0) is 7.05 Å². The van der Waals surface area contributed by atoms with E-state index in [1.807, 2.05) is 0 Å².